The van der Waals surface area contributed by atoms with Gasteiger partial charge in [0.2, 0.25) is 11.8 Å². The van der Waals surface area contributed by atoms with Crippen LogP contribution in [0.25, 0.3) is 0 Å². The van der Waals surface area contributed by atoms with Gasteiger partial charge in [-0.05, 0) is 37.1 Å². The highest BCUT2D eigenvalue weighted by atomic mass is 35.5. The summed E-state index contributed by atoms with van der Waals surface area (Å²) in [4.78, 5) is 22.9. The van der Waals surface area contributed by atoms with E-state index in [1.165, 1.54) is 6.92 Å². The van der Waals surface area contributed by atoms with E-state index in [9.17, 15) is 9.59 Å². The molecular weight excluding hydrogens is 290 g/mol. The summed E-state index contributed by atoms with van der Waals surface area (Å²) in [6.07, 6.45) is 2.52. The van der Waals surface area contributed by atoms with Crippen LogP contribution >= 0.6 is 12.4 Å². The maximum atomic E-state index is 11.9. The summed E-state index contributed by atoms with van der Waals surface area (Å²) in [7, 11) is 0. The molecule has 21 heavy (non-hydrogen) atoms. The zero-order valence-corrected chi connectivity index (χ0v) is 13.0. The Morgan fingerprint density at radius 2 is 2.00 bits per heavy atom. The second-order valence-corrected chi connectivity index (χ2v) is 5.17. The zero-order chi connectivity index (χ0) is 14.4. The van der Waals surface area contributed by atoms with E-state index in [1.54, 1.807) is 0 Å². The predicted octanol–water partition coefficient (Wildman–Crippen LogP) is 1.48. The number of piperidine rings is 1. The standard InChI is InChI=1S/C15H21N3O2.ClH/c1-11(19)17-13-6-4-12(5-7-13)9-15(20)18-14-3-2-8-16-10-14;/h4-7,14,16H,2-3,8-10H2,1H3,(H,17,19)(H,18,20);1H/t14-;/m0./s1. The Hall–Kier alpha value is -1.59. The average Bonchev–Trinajstić information content (AvgIpc) is 2.41. The van der Waals surface area contributed by atoms with E-state index in [2.05, 4.69) is 16.0 Å². The van der Waals surface area contributed by atoms with E-state index in [0.29, 0.717) is 6.42 Å². The molecule has 2 amide bonds. The molecule has 0 bridgehead atoms. The molecule has 3 N–H and O–H groups in total. The Morgan fingerprint density at radius 1 is 1.29 bits per heavy atom. The Labute approximate surface area is 131 Å². The van der Waals surface area contributed by atoms with Gasteiger partial charge in [-0.15, -0.1) is 12.4 Å². The van der Waals surface area contributed by atoms with Crippen LogP contribution in [0, 0.1) is 0 Å². The second-order valence-electron chi connectivity index (χ2n) is 5.17. The van der Waals surface area contributed by atoms with Gasteiger partial charge in [0.15, 0.2) is 0 Å². The molecule has 116 valence electrons. The van der Waals surface area contributed by atoms with E-state index in [1.807, 2.05) is 24.3 Å². The molecular formula is C15H22ClN3O2. The molecule has 1 aliphatic heterocycles. The van der Waals surface area contributed by atoms with E-state index in [4.69, 9.17) is 0 Å². The lowest BCUT2D eigenvalue weighted by Crippen LogP contribution is -2.46. The lowest BCUT2D eigenvalue weighted by molar-refractivity contribution is -0.121. The van der Waals surface area contributed by atoms with Crippen molar-refractivity contribution in [2.45, 2.75) is 32.2 Å². The lowest BCUT2D eigenvalue weighted by atomic mass is 10.1. The number of amides is 2. The van der Waals surface area contributed by atoms with Gasteiger partial charge in [-0.2, -0.15) is 0 Å². The number of hydrogen-bond donors (Lipinski definition) is 3. The fourth-order valence-electron chi connectivity index (χ4n) is 2.35. The molecule has 2 rings (SSSR count). The number of halogens is 1. The molecule has 5 nitrogen and oxygen atoms in total. The van der Waals surface area contributed by atoms with Crippen LogP contribution in [-0.4, -0.2) is 30.9 Å². The maximum absolute atomic E-state index is 11.9. The summed E-state index contributed by atoms with van der Waals surface area (Å²) in [5, 5.41) is 9.02. The monoisotopic (exact) mass is 311 g/mol. The van der Waals surface area contributed by atoms with Crippen molar-refractivity contribution in [2.24, 2.45) is 0 Å². The molecule has 1 aromatic rings. The van der Waals surface area contributed by atoms with Crippen LogP contribution in [0.5, 0.6) is 0 Å². The van der Waals surface area contributed by atoms with Gasteiger partial charge < -0.3 is 16.0 Å². The summed E-state index contributed by atoms with van der Waals surface area (Å²) in [5.41, 5.74) is 1.69. The van der Waals surface area contributed by atoms with Crippen molar-refractivity contribution in [2.75, 3.05) is 18.4 Å². The van der Waals surface area contributed by atoms with Crippen LogP contribution in [-0.2, 0) is 16.0 Å². The first-order valence-electron chi connectivity index (χ1n) is 7.00. The molecule has 0 aliphatic carbocycles. The van der Waals surface area contributed by atoms with Gasteiger partial charge in [0.25, 0.3) is 0 Å². The van der Waals surface area contributed by atoms with E-state index < -0.39 is 0 Å². The van der Waals surface area contributed by atoms with E-state index >= 15 is 0 Å². The molecule has 0 unspecified atom stereocenters. The average molecular weight is 312 g/mol. The molecule has 0 spiro atoms. The van der Waals surface area contributed by atoms with Crippen molar-refractivity contribution < 1.29 is 9.59 Å². The SMILES string of the molecule is CC(=O)Nc1ccc(CC(=O)N[C@H]2CCCNC2)cc1.Cl. The number of anilines is 1. The van der Waals surface area contributed by atoms with Crippen molar-refractivity contribution in [3.05, 3.63) is 29.8 Å². The molecule has 0 radical (unpaired) electrons. The smallest absolute Gasteiger partial charge is 0.224 e. The van der Waals surface area contributed by atoms with Crippen molar-refractivity contribution in [1.82, 2.24) is 10.6 Å². The molecule has 1 aliphatic rings. The van der Waals surface area contributed by atoms with Crippen LogP contribution in [0.2, 0.25) is 0 Å². The third-order valence-corrected chi connectivity index (χ3v) is 3.30. The Kier molecular flexibility index (Phi) is 7.19. The van der Waals surface area contributed by atoms with Gasteiger partial charge in [-0.1, -0.05) is 12.1 Å². The number of benzene rings is 1. The molecule has 1 heterocycles. The normalized spacial score (nSPS) is 17.5. The minimum atomic E-state index is -0.0970. The largest absolute Gasteiger partial charge is 0.352 e. The molecule has 1 fully saturated rings. The Bertz CT molecular complexity index is 470. The minimum absolute atomic E-state index is 0. The molecule has 0 aromatic heterocycles. The first kappa shape index (κ1) is 17.5. The van der Waals surface area contributed by atoms with Gasteiger partial charge in [-0.3, -0.25) is 9.59 Å². The number of carbonyl (C=O) groups excluding carboxylic acids is 2. The third kappa shape index (κ3) is 6.14. The van der Waals surface area contributed by atoms with Crippen molar-refractivity contribution in [1.29, 1.82) is 0 Å². The molecule has 1 aromatic carbocycles. The Morgan fingerprint density at radius 3 is 2.57 bits per heavy atom. The summed E-state index contributed by atoms with van der Waals surface area (Å²) >= 11 is 0. The first-order valence-corrected chi connectivity index (χ1v) is 7.00. The van der Waals surface area contributed by atoms with Crippen LogP contribution in [0.4, 0.5) is 5.69 Å². The van der Waals surface area contributed by atoms with E-state index in [0.717, 1.165) is 37.2 Å². The number of hydrogen-bond acceptors (Lipinski definition) is 3. The second kappa shape index (κ2) is 8.64. The minimum Gasteiger partial charge on any atom is -0.352 e. The van der Waals surface area contributed by atoms with Crippen molar-refractivity contribution >= 4 is 29.9 Å². The summed E-state index contributed by atoms with van der Waals surface area (Å²) in [6, 6.07) is 7.60. The quantitative estimate of drug-likeness (QED) is 0.789. The summed E-state index contributed by atoms with van der Waals surface area (Å²) in [6.45, 7) is 3.36. The topological polar surface area (TPSA) is 70.2 Å². The molecule has 6 heteroatoms. The highest BCUT2D eigenvalue weighted by molar-refractivity contribution is 5.88. The number of nitrogens with one attached hydrogen (secondary N) is 3. The highest BCUT2D eigenvalue weighted by Crippen LogP contribution is 2.10. The van der Waals surface area contributed by atoms with Crippen LogP contribution < -0.4 is 16.0 Å². The van der Waals surface area contributed by atoms with Crippen molar-refractivity contribution in [3.63, 3.8) is 0 Å². The van der Waals surface area contributed by atoms with Gasteiger partial charge in [0, 0.05) is 25.2 Å². The first-order chi connectivity index (χ1) is 9.63. The van der Waals surface area contributed by atoms with Gasteiger partial charge in [-0.25, -0.2) is 0 Å². The van der Waals surface area contributed by atoms with Gasteiger partial charge in [0.05, 0.1) is 6.42 Å². The van der Waals surface area contributed by atoms with Crippen LogP contribution in [0.1, 0.15) is 25.3 Å². The van der Waals surface area contributed by atoms with Gasteiger partial charge >= 0.3 is 0 Å². The molecule has 0 saturated carbocycles. The zero-order valence-electron chi connectivity index (χ0n) is 12.1. The van der Waals surface area contributed by atoms with Crippen molar-refractivity contribution in [3.8, 4) is 0 Å². The fraction of sp³-hybridized carbons (Fsp3) is 0.467. The lowest BCUT2D eigenvalue weighted by Gasteiger charge is -2.23. The molecule has 1 saturated heterocycles. The number of rotatable bonds is 4. The fourth-order valence-corrected chi connectivity index (χ4v) is 2.35. The van der Waals surface area contributed by atoms with Gasteiger partial charge in [0.1, 0.15) is 0 Å². The Balaban J connectivity index is 0.00000220. The van der Waals surface area contributed by atoms with E-state index in [-0.39, 0.29) is 30.3 Å². The predicted molar refractivity (Wildman–Crippen MR) is 85.7 cm³/mol. The third-order valence-electron chi connectivity index (χ3n) is 3.30. The van der Waals surface area contributed by atoms with Crippen LogP contribution in [0.15, 0.2) is 24.3 Å². The molecule has 1 atom stereocenters. The maximum Gasteiger partial charge on any atom is 0.224 e. The highest BCUT2D eigenvalue weighted by Gasteiger charge is 2.15. The van der Waals surface area contributed by atoms with Crippen LogP contribution in [0.3, 0.4) is 0 Å². The summed E-state index contributed by atoms with van der Waals surface area (Å²) < 4.78 is 0. The number of carbonyl (C=O) groups is 2. The summed E-state index contributed by atoms with van der Waals surface area (Å²) in [5.74, 6) is -0.0498.